The van der Waals surface area contributed by atoms with E-state index in [2.05, 4.69) is 127 Å². The molecule has 7 rings (SSSR count). The minimum absolute atomic E-state index is 0.0402. The second kappa shape index (κ2) is 9.20. The molecule has 0 radical (unpaired) electrons. The fraction of sp³-hybridized carbons (Fsp3) is 0.0294. The summed E-state index contributed by atoms with van der Waals surface area (Å²) in [7, 11) is 0. The van der Waals surface area contributed by atoms with E-state index in [-0.39, 0.29) is 6.04 Å². The Morgan fingerprint density at radius 1 is 0.541 bits per heavy atom. The number of nitrogens with one attached hydrogen (secondary N) is 1. The fourth-order valence-electron chi connectivity index (χ4n) is 5.02. The molecule has 5 aromatic carbocycles. The molecule has 0 spiro atoms. The van der Waals surface area contributed by atoms with Crippen molar-refractivity contribution in [1.29, 1.82) is 0 Å². The number of amidine groups is 1. The van der Waals surface area contributed by atoms with Crippen molar-refractivity contribution in [3.63, 3.8) is 0 Å². The number of thiophene rings is 1. The van der Waals surface area contributed by atoms with Crippen molar-refractivity contribution in [1.82, 2.24) is 5.32 Å². The quantitative estimate of drug-likeness (QED) is 0.261. The normalized spacial score (nSPS) is 15.3. The monoisotopic (exact) mass is 492 g/mol. The van der Waals surface area contributed by atoms with Crippen molar-refractivity contribution in [2.75, 3.05) is 0 Å². The SMILES string of the molecule is C1=C(c2ccccc2)NC(c2ccc(-c3ccc4sc5ccccc5c4c3)cc2)=NC1c1ccccc1. The number of nitrogens with zero attached hydrogens (tertiary/aromatic N) is 1. The third-order valence-corrected chi connectivity index (χ3v) is 8.09. The maximum Gasteiger partial charge on any atom is 0.133 e. The van der Waals surface area contributed by atoms with Crippen LogP contribution < -0.4 is 5.32 Å². The fourth-order valence-corrected chi connectivity index (χ4v) is 6.10. The van der Waals surface area contributed by atoms with Crippen LogP contribution in [0.1, 0.15) is 22.7 Å². The van der Waals surface area contributed by atoms with Gasteiger partial charge in [-0.2, -0.15) is 0 Å². The molecule has 1 aliphatic heterocycles. The Kier molecular flexibility index (Phi) is 5.41. The summed E-state index contributed by atoms with van der Waals surface area (Å²) >= 11 is 1.85. The highest BCUT2D eigenvalue weighted by molar-refractivity contribution is 7.25. The summed E-state index contributed by atoms with van der Waals surface area (Å²) in [6, 6.07) is 45.1. The first-order valence-corrected chi connectivity index (χ1v) is 13.3. The standard InChI is InChI=1S/C34H24N2S/c1-3-9-24(10-4-1)30-22-31(25-11-5-2-6-12-25)36-34(35-30)26-17-15-23(16-18-26)27-19-20-33-29(21-27)28-13-7-8-14-32(28)37-33/h1-22,30H,(H,35,36). The van der Waals surface area contributed by atoms with Gasteiger partial charge in [-0.3, -0.25) is 4.99 Å². The summed E-state index contributed by atoms with van der Waals surface area (Å²) in [6.45, 7) is 0. The van der Waals surface area contributed by atoms with E-state index < -0.39 is 0 Å². The average Bonchev–Trinajstić information content (AvgIpc) is 3.36. The first-order valence-electron chi connectivity index (χ1n) is 12.5. The lowest BCUT2D eigenvalue weighted by molar-refractivity contribution is 0.880. The number of aliphatic imine (C=N–C) groups is 1. The van der Waals surface area contributed by atoms with Gasteiger partial charge in [-0.15, -0.1) is 11.3 Å². The van der Waals surface area contributed by atoms with Gasteiger partial charge in [-0.1, -0.05) is 109 Å². The molecule has 0 fully saturated rings. The van der Waals surface area contributed by atoms with E-state index in [1.165, 1.54) is 36.9 Å². The molecule has 0 aliphatic carbocycles. The summed E-state index contributed by atoms with van der Waals surface area (Å²) in [4.78, 5) is 5.10. The van der Waals surface area contributed by atoms with E-state index in [9.17, 15) is 0 Å². The van der Waals surface area contributed by atoms with Gasteiger partial charge >= 0.3 is 0 Å². The molecule has 1 atom stereocenters. The Balaban J connectivity index is 1.24. The summed E-state index contributed by atoms with van der Waals surface area (Å²) in [6.07, 6.45) is 2.21. The number of benzene rings is 5. The highest BCUT2D eigenvalue weighted by atomic mass is 32.1. The van der Waals surface area contributed by atoms with Crippen LogP contribution >= 0.6 is 11.3 Å². The van der Waals surface area contributed by atoms with Crippen molar-refractivity contribution < 1.29 is 0 Å². The van der Waals surface area contributed by atoms with Crippen molar-refractivity contribution in [2.45, 2.75) is 6.04 Å². The molecule has 2 nitrogen and oxygen atoms in total. The molecule has 1 N–H and O–H groups in total. The summed E-state index contributed by atoms with van der Waals surface area (Å²) < 4.78 is 2.66. The lowest BCUT2D eigenvalue weighted by Gasteiger charge is -2.23. The van der Waals surface area contributed by atoms with Crippen LogP contribution in [0.5, 0.6) is 0 Å². The molecular formula is C34H24N2S. The van der Waals surface area contributed by atoms with Gasteiger partial charge in [0.2, 0.25) is 0 Å². The van der Waals surface area contributed by atoms with Crippen LogP contribution in [0.4, 0.5) is 0 Å². The van der Waals surface area contributed by atoms with Gasteiger partial charge in [0.25, 0.3) is 0 Å². The summed E-state index contributed by atoms with van der Waals surface area (Å²) in [5, 5.41) is 6.25. The largest absolute Gasteiger partial charge is 0.340 e. The zero-order valence-corrected chi connectivity index (χ0v) is 21.0. The molecular weight excluding hydrogens is 468 g/mol. The first-order chi connectivity index (χ1) is 18.3. The smallest absolute Gasteiger partial charge is 0.133 e. The summed E-state index contributed by atoms with van der Waals surface area (Å²) in [5.41, 5.74) is 6.93. The second-order valence-corrected chi connectivity index (χ2v) is 10.4. The van der Waals surface area contributed by atoms with Crippen LogP contribution in [0.2, 0.25) is 0 Å². The molecule has 3 heteroatoms. The van der Waals surface area contributed by atoms with E-state index in [1.807, 2.05) is 23.5 Å². The third kappa shape index (κ3) is 4.14. The van der Waals surface area contributed by atoms with Crippen LogP contribution in [-0.4, -0.2) is 5.84 Å². The lowest BCUT2D eigenvalue weighted by atomic mass is 9.99. The number of rotatable bonds is 4. The van der Waals surface area contributed by atoms with Gasteiger partial charge in [0.05, 0.1) is 6.04 Å². The van der Waals surface area contributed by atoms with E-state index in [0.29, 0.717) is 0 Å². The highest BCUT2D eigenvalue weighted by Gasteiger charge is 2.19. The Bertz CT molecular complexity index is 1780. The third-order valence-electron chi connectivity index (χ3n) is 6.94. The maximum atomic E-state index is 5.10. The molecule has 1 aliphatic rings. The van der Waals surface area contributed by atoms with E-state index in [4.69, 9.17) is 4.99 Å². The molecule has 1 aromatic heterocycles. The van der Waals surface area contributed by atoms with Crippen molar-refractivity contribution in [3.8, 4) is 11.1 Å². The van der Waals surface area contributed by atoms with Crippen molar-refractivity contribution >= 4 is 43.0 Å². The topological polar surface area (TPSA) is 24.4 Å². The molecule has 0 saturated carbocycles. The number of fused-ring (bicyclic) bond motifs is 3. The van der Waals surface area contributed by atoms with Crippen molar-refractivity contribution in [3.05, 3.63) is 150 Å². The number of hydrogen-bond acceptors (Lipinski definition) is 3. The van der Waals surface area contributed by atoms with Gasteiger partial charge < -0.3 is 5.32 Å². The van der Waals surface area contributed by atoms with Gasteiger partial charge in [-0.25, -0.2) is 0 Å². The lowest BCUT2D eigenvalue weighted by Crippen LogP contribution is -2.27. The van der Waals surface area contributed by atoms with Gasteiger partial charge in [0.1, 0.15) is 5.84 Å². The molecule has 0 bridgehead atoms. The van der Waals surface area contributed by atoms with Crippen LogP contribution in [0.25, 0.3) is 37.0 Å². The minimum Gasteiger partial charge on any atom is -0.340 e. The van der Waals surface area contributed by atoms with Crippen LogP contribution in [0.3, 0.4) is 0 Å². The molecule has 0 amide bonds. The van der Waals surface area contributed by atoms with Crippen LogP contribution in [0.15, 0.2) is 138 Å². The van der Waals surface area contributed by atoms with Crippen LogP contribution in [-0.2, 0) is 0 Å². The molecule has 0 saturated heterocycles. The van der Waals surface area contributed by atoms with Crippen LogP contribution in [0, 0.1) is 0 Å². The molecule has 176 valence electrons. The zero-order valence-electron chi connectivity index (χ0n) is 20.1. The van der Waals surface area contributed by atoms with E-state index in [1.54, 1.807) is 0 Å². The zero-order chi connectivity index (χ0) is 24.6. The minimum atomic E-state index is -0.0402. The maximum absolute atomic E-state index is 5.10. The Labute approximate surface area is 220 Å². The molecule has 1 unspecified atom stereocenters. The number of hydrogen-bond donors (Lipinski definition) is 1. The molecule has 37 heavy (non-hydrogen) atoms. The van der Waals surface area contributed by atoms with E-state index >= 15 is 0 Å². The van der Waals surface area contributed by atoms with Gasteiger partial charge in [0, 0.05) is 31.4 Å². The first kappa shape index (κ1) is 21.8. The predicted octanol–water partition coefficient (Wildman–Crippen LogP) is 8.85. The molecule has 6 aromatic rings. The van der Waals surface area contributed by atoms with E-state index in [0.717, 1.165) is 22.7 Å². The predicted molar refractivity (Wildman–Crippen MR) is 158 cm³/mol. The Hall–Kier alpha value is -4.47. The Morgan fingerprint density at radius 3 is 2.00 bits per heavy atom. The average molecular weight is 493 g/mol. The molecule has 2 heterocycles. The second-order valence-electron chi connectivity index (χ2n) is 9.29. The highest BCUT2D eigenvalue weighted by Crippen LogP contribution is 2.36. The summed E-state index contributed by atoms with van der Waals surface area (Å²) in [5.74, 6) is 0.890. The van der Waals surface area contributed by atoms with Gasteiger partial charge in [-0.05, 0) is 46.5 Å². The van der Waals surface area contributed by atoms with Crippen molar-refractivity contribution in [2.24, 2.45) is 4.99 Å². The Morgan fingerprint density at radius 2 is 1.19 bits per heavy atom. The van der Waals surface area contributed by atoms with Gasteiger partial charge in [0.15, 0.2) is 0 Å².